The van der Waals surface area contributed by atoms with Crippen molar-refractivity contribution in [1.82, 2.24) is 0 Å². The lowest BCUT2D eigenvalue weighted by molar-refractivity contribution is 0.448. The second kappa shape index (κ2) is 16.9. The van der Waals surface area contributed by atoms with Crippen LogP contribution in [-0.4, -0.2) is 6.67 Å². The first kappa shape index (κ1) is 17.9. The van der Waals surface area contributed by atoms with E-state index < -0.39 is 0 Å². The van der Waals surface area contributed by atoms with Crippen LogP contribution < -0.4 is 0 Å². The molecule has 0 unspecified atom stereocenters. The number of alkyl halides is 1. The van der Waals surface area contributed by atoms with Crippen molar-refractivity contribution in [2.45, 2.75) is 96.3 Å². The number of hydrogen-bond acceptors (Lipinski definition) is 0. The van der Waals surface area contributed by atoms with Crippen LogP contribution in [0.1, 0.15) is 96.3 Å². The van der Waals surface area contributed by atoms with Crippen LogP contribution >= 0.6 is 0 Å². The van der Waals surface area contributed by atoms with Crippen molar-refractivity contribution >= 4 is 0 Å². The third kappa shape index (κ3) is 15.9. The van der Waals surface area contributed by atoms with Gasteiger partial charge in [-0.25, -0.2) is 0 Å². The van der Waals surface area contributed by atoms with Crippen molar-refractivity contribution in [3.8, 4) is 0 Å². The third-order valence-corrected chi connectivity index (χ3v) is 3.63. The van der Waals surface area contributed by atoms with Crippen molar-refractivity contribution in [2.75, 3.05) is 6.67 Å². The van der Waals surface area contributed by atoms with Gasteiger partial charge in [-0.3, -0.25) is 4.39 Å². The molecule has 1 radical (unpaired) electrons. The normalized spacial score (nSPS) is 11.0. The summed E-state index contributed by atoms with van der Waals surface area (Å²) in [6, 6.07) is 0. The van der Waals surface area contributed by atoms with E-state index in [1.807, 2.05) is 0 Å². The molecule has 18 heavy (non-hydrogen) atoms. The third-order valence-electron chi connectivity index (χ3n) is 3.63. The first-order chi connectivity index (χ1) is 8.91. The summed E-state index contributed by atoms with van der Waals surface area (Å²) >= 11 is 0. The molecule has 109 valence electrons. The largest absolute Gasteiger partial charge is 0.251 e. The maximum Gasteiger partial charge on any atom is 0.0894 e. The monoisotopic (exact) mass is 257 g/mol. The highest BCUT2D eigenvalue weighted by atomic mass is 19.1. The number of halogens is 1. The molecule has 0 aromatic heterocycles. The lowest BCUT2D eigenvalue weighted by Crippen LogP contribution is -1.83. The van der Waals surface area contributed by atoms with Crippen LogP contribution in [0.25, 0.3) is 0 Å². The summed E-state index contributed by atoms with van der Waals surface area (Å²) in [6.07, 6.45) is 19.4. The zero-order chi connectivity index (χ0) is 13.3. The molecule has 0 aromatic rings. The van der Waals surface area contributed by atoms with Crippen molar-refractivity contribution < 1.29 is 4.39 Å². The summed E-state index contributed by atoms with van der Waals surface area (Å²) in [5.74, 6) is 0. The number of unbranched alkanes of at least 4 members (excludes halogenated alkanes) is 14. The maximum absolute atomic E-state index is 11.8. The quantitative estimate of drug-likeness (QED) is 0.288. The standard InChI is InChI=1S/C17H34F/c1-2-3-4-5-6-7-8-9-10-11-12-13-14-15-16-17-18/h1-17H2. The maximum atomic E-state index is 11.8. The van der Waals surface area contributed by atoms with Crippen LogP contribution in [0.4, 0.5) is 4.39 Å². The molecule has 0 saturated carbocycles. The molecular formula is C17H34F. The summed E-state index contributed by atoms with van der Waals surface area (Å²) in [7, 11) is 0. The smallest absolute Gasteiger partial charge is 0.0894 e. The van der Waals surface area contributed by atoms with Crippen molar-refractivity contribution in [3.05, 3.63) is 6.92 Å². The van der Waals surface area contributed by atoms with E-state index in [1.54, 1.807) is 0 Å². The van der Waals surface area contributed by atoms with Gasteiger partial charge >= 0.3 is 0 Å². The molecule has 0 aromatic carbocycles. The second-order valence-electron chi connectivity index (χ2n) is 5.49. The molecule has 0 aliphatic rings. The SMILES string of the molecule is [CH2]CCCCCCCCCCCCCCCCF. The Morgan fingerprint density at radius 1 is 0.444 bits per heavy atom. The summed E-state index contributed by atoms with van der Waals surface area (Å²) in [5.41, 5.74) is 0. The first-order valence-corrected chi connectivity index (χ1v) is 8.27. The highest BCUT2D eigenvalue weighted by Crippen LogP contribution is 2.13. The number of hydrogen-bond donors (Lipinski definition) is 0. The summed E-state index contributed by atoms with van der Waals surface area (Å²) in [6.45, 7) is 3.74. The van der Waals surface area contributed by atoms with Crippen LogP contribution in [-0.2, 0) is 0 Å². The molecule has 0 saturated heterocycles. The molecule has 0 fully saturated rings. The molecule has 0 N–H and O–H groups in total. The molecule has 0 aliphatic heterocycles. The molecule has 0 spiro atoms. The second-order valence-corrected chi connectivity index (χ2v) is 5.49. The highest BCUT2D eigenvalue weighted by Gasteiger charge is 1.93. The molecular weight excluding hydrogens is 223 g/mol. The summed E-state index contributed by atoms with van der Waals surface area (Å²) in [4.78, 5) is 0. The van der Waals surface area contributed by atoms with Crippen molar-refractivity contribution in [2.24, 2.45) is 0 Å². The fraction of sp³-hybridized carbons (Fsp3) is 0.941. The molecule has 0 aliphatic carbocycles. The predicted molar refractivity (Wildman–Crippen MR) is 80.6 cm³/mol. The van der Waals surface area contributed by atoms with Crippen LogP contribution in [0.5, 0.6) is 0 Å². The van der Waals surface area contributed by atoms with E-state index in [9.17, 15) is 4.39 Å². The molecule has 0 amide bonds. The molecule has 0 atom stereocenters. The van der Waals surface area contributed by atoms with Crippen LogP contribution in [0.3, 0.4) is 0 Å². The summed E-state index contributed by atoms with van der Waals surface area (Å²) in [5, 5.41) is 0. The average molecular weight is 257 g/mol. The molecule has 0 nitrogen and oxygen atoms in total. The van der Waals surface area contributed by atoms with E-state index in [0.29, 0.717) is 0 Å². The van der Waals surface area contributed by atoms with Crippen molar-refractivity contribution in [1.29, 1.82) is 0 Å². The molecule has 1 heteroatoms. The highest BCUT2D eigenvalue weighted by molar-refractivity contribution is 4.50. The van der Waals surface area contributed by atoms with Gasteiger partial charge in [-0.05, 0) is 6.42 Å². The van der Waals surface area contributed by atoms with Gasteiger partial charge in [-0.2, -0.15) is 0 Å². The Morgan fingerprint density at radius 2 is 0.722 bits per heavy atom. The Balaban J connectivity index is 2.86. The van der Waals surface area contributed by atoms with Crippen LogP contribution in [0.2, 0.25) is 0 Å². The van der Waals surface area contributed by atoms with E-state index >= 15 is 0 Å². The van der Waals surface area contributed by atoms with Gasteiger partial charge in [0.05, 0.1) is 6.67 Å². The summed E-state index contributed by atoms with van der Waals surface area (Å²) < 4.78 is 11.8. The lowest BCUT2D eigenvalue weighted by Gasteiger charge is -2.02. The Morgan fingerprint density at radius 3 is 1.00 bits per heavy atom. The van der Waals surface area contributed by atoms with E-state index in [4.69, 9.17) is 0 Å². The van der Waals surface area contributed by atoms with Gasteiger partial charge in [-0.15, -0.1) is 0 Å². The van der Waals surface area contributed by atoms with Gasteiger partial charge in [0, 0.05) is 0 Å². The van der Waals surface area contributed by atoms with Gasteiger partial charge in [0.2, 0.25) is 0 Å². The van der Waals surface area contributed by atoms with Gasteiger partial charge in [-0.1, -0.05) is 96.8 Å². The average Bonchev–Trinajstić information content (AvgIpc) is 2.39. The van der Waals surface area contributed by atoms with Gasteiger partial charge in [0.15, 0.2) is 0 Å². The van der Waals surface area contributed by atoms with Gasteiger partial charge in [0.1, 0.15) is 0 Å². The van der Waals surface area contributed by atoms with E-state index in [1.165, 1.54) is 77.0 Å². The zero-order valence-electron chi connectivity index (χ0n) is 12.4. The Labute approximate surface area is 115 Å². The first-order valence-electron chi connectivity index (χ1n) is 8.27. The minimum atomic E-state index is -0.130. The Kier molecular flexibility index (Phi) is 16.9. The lowest BCUT2D eigenvalue weighted by atomic mass is 10.0. The van der Waals surface area contributed by atoms with E-state index in [2.05, 4.69) is 6.92 Å². The van der Waals surface area contributed by atoms with Gasteiger partial charge < -0.3 is 0 Å². The number of rotatable bonds is 15. The minimum Gasteiger partial charge on any atom is -0.251 e. The minimum absolute atomic E-state index is 0.130. The zero-order valence-corrected chi connectivity index (χ0v) is 12.4. The topological polar surface area (TPSA) is 0 Å². The Hall–Kier alpha value is -0.0700. The van der Waals surface area contributed by atoms with E-state index in [-0.39, 0.29) is 6.67 Å². The fourth-order valence-electron chi connectivity index (χ4n) is 2.39. The van der Waals surface area contributed by atoms with E-state index in [0.717, 1.165) is 19.3 Å². The van der Waals surface area contributed by atoms with Crippen molar-refractivity contribution in [3.63, 3.8) is 0 Å². The Bertz CT molecular complexity index is 118. The predicted octanol–water partition coefficient (Wildman–Crippen LogP) is 6.64. The fourth-order valence-corrected chi connectivity index (χ4v) is 2.39. The van der Waals surface area contributed by atoms with Gasteiger partial charge in [0.25, 0.3) is 0 Å². The molecule has 0 bridgehead atoms. The van der Waals surface area contributed by atoms with Crippen LogP contribution in [0.15, 0.2) is 0 Å². The molecule has 0 heterocycles. The van der Waals surface area contributed by atoms with Crippen LogP contribution in [0, 0.1) is 6.92 Å². The molecule has 0 rings (SSSR count).